The number of hydrogen-bond donors (Lipinski definition) is 1. The number of morpholine rings is 1. The molecule has 2 aromatic carbocycles. The van der Waals surface area contributed by atoms with Crippen molar-refractivity contribution in [3.63, 3.8) is 0 Å². The summed E-state index contributed by atoms with van der Waals surface area (Å²) in [6.45, 7) is 2.05. The molecule has 0 atom stereocenters. The molecule has 0 unspecified atom stereocenters. The van der Waals surface area contributed by atoms with Gasteiger partial charge >= 0.3 is 24.6 Å². The molecule has 0 radical (unpaired) electrons. The number of rotatable bonds is 8. The number of anilines is 3. The van der Waals surface area contributed by atoms with Crippen LogP contribution < -0.4 is 15.1 Å². The predicted molar refractivity (Wildman–Crippen MR) is 143 cm³/mol. The standard InChI is InChI=1S/C28H26F9N5O3/c1-2-45-25(43)40-23-4-3-19(26(29,30)31)11-18(23)16-42(24-38-13-22(14-39-24)41-5-7-44-8-6-41)15-17-9-20(27(32,33)34)12-21(10-17)28(35,36)37/h3-4,9-14H,2,5-8,15-16H2,1H3,(H,40,43). The lowest BCUT2D eigenvalue weighted by Gasteiger charge is -2.29. The van der Waals surface area contributed by atoms with Crippen LogP contribution in [0.2, 0.25) is 0 Å². The van der Waals surface area contributed by atoms with Gasteiger partial charge in [0.15, 0.2) is 0 Å². The maximum atomic E-state index is 13.6. The Labute approximate surface area is 250 Å². The van der Waals surface area contributed by atoms with E-state index in [2.05, 4.69) is 15.3 Å². The van der Waals surface area contributed by atoms with E-state index in [9.17, 15) is 44.3 Å². The average Bonchev–Trinajstić information content (AvgIpc) is 2.97. The van der Waals surface area contributed by atoms with E-state index in [1.54, 1.807) is 0 Å². The summed E-state index contributed by atoms with van der Waals surface area (Å²) in [5.41, 5.74) is -4.51. The molecule has 1 fully saturated rings. The minimum atomic E-state index is -5.13. The van der Waals surface area contributed by atoms with E-state index in [4.69, 9.17) is 9.47 Å². The number of carbonyl (C=O) groups is 1. The van der Waals surface area contributed by atoms with Crippen LogP contribution in [0.5, 0.6) is 0 Å². The van der Waals surface area contributed by atoms with Crippen LogP contribution in [0.4, 0.5) is 61.6 Å². The number of nitrogens with one attached hydrogen (secondary N) is 1. The second kappa shape index (κ2) is 13.4. The van der Waals surface area contributed by atoms with Crippen LogP contribution in [0.3, 0.4) is 0 Å². The Morgan fingerprint density at radius 1 is 0.867 bits per heavy atom. The SMILES string of the molecule is CCOC(=O)Nc1ccc(C(F)(F)F)cc1CN(Cc1cc(C(F)(F)F)cc(C(F)(F)F)c1)c1ncc(N2CCOCC2)cn1. The van der Waals surface area contributed by atoms with Gasteiger partial charge in [-0.2, -0.15) is 39.5 Å². The third-order valence-corrected chi connectivity index (χ3v) is 6.61. The maximum Gasteiger partial charge on any atom is 0.416 e. The molecule has 17 heteroatoms. The van der Waals surface area contributed by atoms with Gasteiger partial charge in [-0.3, -0.25) is 5.32 Å². The Kier molecular flexibility index (Phi) is 9.99. The molecular formula is C28H26F9N5O3. The number of hydrogen-bond acceptors (Lipinski definition) is 7. The smallest absolute Gasteiger partial charge is 0.416 e. The molecule has 0 aliphatic carbocycles. The van der Waals surface area contributed by atoms with Gasteiger partial charge in [-0.15, -0.1) is 0 Å². The average molecular weight is 652 g/mol. The van der Waals surface area contributed by atoms with E-state index in [0.717, 1.165) is 11.0 Å². The number of aromatic nitrogens is 2. The molecular weight excluding hydrogens is 625 g/mol. The molecule has 0 spiro atoms. The topological polar surface area (TPSA) is 79.8 Å². The third-order valence-electron chi connectivity index (χ3n) is 6.61. The van der Waals surface area contributed by atoms with Gasteiger partial charge < -0.3 is 19.3 Å². The second-order valence-corrected chi connectivity index (χ2v) is 9.83. The summed E-state index contributed by atoms with van der Waals surface area (Å²) in [5, 5.41) is 2.31. The highest BCUT2D eigenvalue weighted by Gasteiger charge is 2.37. The molecule has 45 heavy (non-hydrogen) atoms. The minimum Gasteiger partial charge on any atom is -0.450 e. The summed E-state index contributed by atoms with van der Waals surface area (Å²) in [5.74, 6) is -0.211. The molecule has 1 amide bonds. The number of alkyl halides is 9. The number of ether oxygens (including phenoxy) is 2. The van der Waals surface area contributed by atoms with Crippen LogP contribution in [-0.4, -0.2) is 49.0 Å². The van der Waals surface area contributed by atoms with E-state index in [1.165, 1.54) is 19.3 Å². The summed E-state index contributed by atoms with van der Waals surface area (Å²) in [7, 11) is 0. The van der Waals surface area contributed by atoms with Crippen LogP contribution in [0, 0.1) is 0 Å². The zero-order valence-corrected chi connectivity index (χ0v) is 23.5. The molecule has 3 aromatic rings. The Morgan fingerprint density at radius 2 is 1.44 bits per heavy atom. The van der Waals surface area contributed by atoms with E-state index >= 15 is 0 Å². The molecule has 1 aliphatic rings. The van der Waals surface area contributed by atoms with Crippen LogP contribution >= 0.6 is 0 Å². The largest absolute Gasteiger partial charge is 0.450 e. The summed E-state index contributed by atoms with van der Waals surface area (Å²) in [6, 6.07) is 3.34. The van der Waals surface area contributed by atoms with Crippen molar-refractivity contribution in [2.45, 2.75) is 38.5 Å². The Balaban J connectivity index is 1.80. The van der Waals surface area contributed by atoms with Crippen LogP contribution in [0.15, 0.2) is 48.8 Å². The normalized spacial score (nSPS) is 14.3. The van der Waals surface area contributed by atoms with Crippen molar-refractivity contribution < 1.29 is 53.8 Å². The van der Waals surface area contributed by atoms with Crippen LogP contribution in [0.25, 0.3) is 0 Å². The molecule has 0 saturated carbocycles. The first-order valence-corrected chi connectivity index (χ1v) is 13.4. The van der Waals surface area contributed by atoms with Gasteiger partial charge in [0.05, 0.1) is 54.6 Å². The van der Waals surface area contributed by atoms with E-state index in [0.29, 0.717) is 56.3 Å². The molecule has 1 aliphatic heterocycles. The van der Waals surface area contributed by atoms with Crippen LogP contribution in [0.1, 0.15) is 34.7 Å². The Hall–Kier alpha value is -4.28. The molecule has 244 valence electrons. The summed E-state index contributed by atoms with van der Waals surface area (Å²) in [6.07, 6.45) is -13.3. The van der Waals surface area contributed by atoms with Gasteiger partial charge in [0.25, 0.3) is 0 Å². The fourth-order valence-electron chi connectivity index (χ4n) is 4.50. The summed E-state index contributed by atoms with van der Waals surface area (Å²) < 4.78 is 133. The summed E-state index contributed by atoms with van der Waals surface area (Å²) in [4.78, 5) is 23.6. The van der Waals surface area contributed by atoms with Gasteiger partial charge in [0, 0.05) is 31.9 Å². The molecule has 1 saturated heterocycles. The van der Waals surface area contributed by atoms with Crippen LogP contribution in [-0.2, 0) is 41.1 Å². The highest BCUT2D eigenvalue weighted by molar-refractivity contribution is 5.85. The first-order valence-electron chi connectivity index (χ1n) is 13.4. The van der Waals surface area contributed by atoms with Gasteiger partial charge in [-0.05, 0) is 54.4 Å². The quantitative estimate of drug-likeness (QED) is 0.260. The first kappa shape index (κ1) is 33.6. The van der Waals surface area contributed by atoms with Gasteiger partial charge in [-0.1, -0.05) is 0 Å². The fraction of sp³-hybridized carbons (Fsp3) is 0.393. The lowest BCUT2D eigenvalue weighted by Crippen LogP contribution is -2.36. The Bertz CT molecular complexity index is 1440. The van der Waals surface area contributed by atoms with Crippen molar-refractivity contribution in [3.05, 3.63) is 76.6 Å². The predicted octanol–water partition coefficient (Wildman–Crippen LogP) is 7.14. The molecule has 8 nitrogen and oxygen atoms in total. The van der Waals surface area contributed by atoms with E-state index in [1.807, 2.05) is 4.90 Å². The van der Waals surface area contributed by atoms with E-state index in [-0.39, 0.29) is 29.9 Å². The summed E-state index contributed by atoms with van der Waals surface area (Å²) >= 11 is 0. The zero-order valence-electron chi connectivity index (χ0n) is 23.5. The molecule has 1 N–H and O–H groups in total. The lowest BCUT2D eigenvalue weighted by atomic mass is 10.0. The molecule has 4 rings (SSSR count). The number of carbonyl (C=O) groups excluding carboxylic acids is 1. The van der Waals surface area contributed by atoms with Crippen molar-refractivity contribution in [1.82, 2.24) is 9.97 Å². The number of benzene rings is 2. The van der Waals surface area contributed by atoms with Gasteiger partial charge in [-0.25, -0.2) is 14.8 Å². The second-order valence-electron chi connectivity index (χ2n) is 9.83. The number of nitrogens with zero attached hydrogens (tertiary/aromatic N) is 4. The van der Waals surface area contributed by atoms with Crippen molar-refractivity contribution in [3.8, 4) is 0 Å². The van der Waals surface area contributed by atoms with Gasteiger partial charge in [0.1, 0.15) is 0 Å². The minimum absolute atomic E-state index is 0.0321. The lowest BCUT2D eigenvalue weighted by molar-refractivity contribution is -0.143. The zero-order chi connectivity index (χ0) is 33.0. The molecule has 2 heterocycles. The van der Waals surface area contributed by atoms with Crippen molar-refractivity contribution in [2.75, 3.05) is 48.0 Å². The number of amides is 1. The molecule has 0 bridgehead atoms. The molecule has 1 aromatic heterocycles. The monoisotopic (exact) mass is 651 g/mol. The Morgan fingerprint density at radius 3 is 1.98 bits per heavy atom. The fourth-order valence-corrected chi connectivity index (χ4v) is 4.50. The van der Waals surface area contributed by atoms with E-state index < -0.39 is 60.0 Å². The highest BCUT2D eigenvalue weighted by atomic mass is 19.4. The van der Waals surface area contributed by atoms with Crippen molar-refractivity contribution in [1.29, 1.82) is 0 Å². The van der Waals surface area contributed by atoms with Crippen molar-refractivity contribution >= 4 is 23.4 Å². The third kappa shape index (κ3) is 8.89. The maximum absolute atomic E-state index is 13.6. The number of halogens is 9. The first-order chi connectivity index (χ1) is 21.0. The van der Waals surface area contributed by atoms with Crippen molar-refractivity contribution in [2.24, 2.45) is 0 Å². The highest BCUT2D eigenvalue weighted by Crippen LogP contribution is 2.37. The van der Waals surface area contributed by atoms with Gasteiger partial charge in [0.2, 0.25) is 5.95 Å².